The van der Waals surface area contributed by atoms with Crippen LogP contribution in [0.4, 0.5) is 0 Å². The highest BCUT2D eigenvalue weighted by molar-refractivity contribution is 7.88. The summed E-state index contributed by atoms with van der Waals surface area (Å²) in [7, 11) is -3.13. The van der Waals surface area contributed by atoms with Crippen LogP contribution in [0.5, 0.6) is 0 Å². The Bertz CT molecular complexity index is 848. The van der Waals surface area contributed by atoms with Gasteiger partial charge in [-0.25, -0.2) is 17.7 Å². The summed E-state index contributed by atoms with van der Waals surface area (Å²) >= 11 is 1.68. The number of thiazole rings is 1. The minimum absolute atomic E-state index is 0.275. The number of sulfonamides is 1. The molecule has 142 valence electrons. The summed E-state index contributed by atoms with van der Waals surface area (Å²) < 4.78 is 25.3. The molecule has 1 aliphatic heterocycles. The second-order valence-corrected chi connectivity index (χ2v) is 10.5. The van der Waals surface area contributed by atoms with Crippen LogP contribution < -0.4 is 0 Å². The molecule has 26 heavy (non-hydrogen) atoms. The lowest BCUT2D eigenvalue weighted by Crippen LogP contribution is -2.39. The van der Waals surface area contributed by atoms with Crippen LogP contribution >= 0.6 is 11.3 Å². The average Bonchev–Trinajstić information content (AvgIpc) is 3.02. The second kappa shape index (κ2) is 8.10. The number of piperidine rings is 1. The first-order valence-electron chi connectivity index (χ1n) is 9.03. The molecule has 0 radical (unpaired) electrons. The second-order valence-electron chi connectivity index (χ2n) is 7.40. The number of hydrogen-bond acceptors (Lipinski definition) is 6. The predicted molar refractivity (Wildman–Crippen MR) is 105 cm³/mol. The highest BCUT2D eigenvalue weighted by atomic mass is 32.2. The molecule has 3 heterocycles. The Labute approximate surface area is 159 Å². The van der Waals surface area contributed by atoms with E-state index in [1.54, 1.807) is 28.0 Å². The molecule has 8 heteroatoms. The lowest BCUT2D eigenvalue weighted by Gasteiger charge is -2.30. The molecule has 0 bridgehead atoms. The van der Waals surface area contributed by atoms with Crippen LogP contribution in [-0.4, -0.2) is 47.0 Å². The van der Waals surface area contributed by atoms with E-state index in [0.29, 0.717) is 19.0 Å². The van der Waals surface area contributed by atoms with Crippen molar-refractivity contribution in [3.8, 4) is 10.6 Å². The van der Waals surface area contributed by atoms with Crippen LogP contribution in [0.3, 0.4) is 0 Å². The van der Waals surface area contributed by atoms with Crippen LogP contribution in [0.15, 0.2) is 18.6 Å². The SMILES string of the molecule is CC(C)Cc1ncc(-c2nccnc2C[C@@H]2CCCN(S(C)(=O)=O)C2)s1. The van der Waals surface area contributed by atoms with Crippen molar-refractivity contribution in [1.29, 1.82) is 0 Å². The summed E-state index contributed by atoms with van der Waals surface area (Å²) in [5.41, 5.74) is 1.82. The Balaban J connectivity index is 1.78. The van der Waals surface area contributed by atoms with E-state index < -0.39 is 10.0 Å². The van der Waals surface area contributed by atoms with Gasteiger partial charge in [0.1, 0.15) is 5.69 Å². The Morgan fingerprint density at radius 3 is 2.77 bits per heavy atom. The van der Waals surface area contributed by atoms with Crippen LogP contribution in [0, 0.1) is 11.8 Å². The Morgan fingerprint density at radius 1 is 1.27 bits per heavy atom. The largest absolute Gasteiger partial charge is 0.257 e. The number of hydrogen-bond donors (Lipinski definition) is 0. The van der Waals surface area contributed by atoms with E-state index in [1.807, 2.05) is 6.20 Å². The molecule has 0 unspecified atom stereocenters. The van der Waals surface area contributed by atoms with Crippen molar-refractivity contribution in [2.24, 2.45) is 11.8 Å². The van der Waals surface area contributed by atoms with E-state index in [-0.39, 0.29) is 5.92 Å². The molecular weight excluding hydrogens is 368 g/mol. The minimum Gasteiger partial charge on any atom is -0.257 e. The maximum absolute atomic E-state index is 11.9. The molecule has 1 fully saturated rings. The van der Waals surface area contributed by atoms with Gasteiger partial charge < -0.3 is 0 Å². The van der Waals surface area contributed by atoms with Gasteiger partial charge in [-0.3, -0.25) is 9.97 Å². The summed E-state index contributed by atoms with van der Waals surface area (Å²) in [5, 5.41) is 1.12. The van der Waals surface area contributed by atoms with E-state index in [2.05, 4.69) is 28.8 Å². The maximum atomic E-state index is 11.9. The predicted octanol–water partition coefficient (Wildman–Crippen LogP) is 3.01. The average molecular weight is 395 g/mol. The first-order valence-corrected chi connectivity index (χ1v) is 11.7. The molecule has 0 spiro atoms. The molecule has 2 aromatic heterocycles. The highest BCUT2D eigenvalue weighted by Gasteiger charge is 2.27. The van der Waals surface area contributed by atoms with Crippen LogP contribution in [0.2, 0.25) is 0 Å². The molecule has 0 saturated carbocycles. The third-order valence-electron chi connectivity index (χ3n) is 4.58. The molecule has 6 nitrogen and oxygen atoms in total. The Morgan fingerprint density at radius 2 is 2.04 bits per heavy atom. The van der Waals surface area contributed by atoms with Crippen LogP contribution in [0.1, 0.15) is 37.4 Å². The van der Waals surface area contributed by atoms with Crippen molar-refractivity contribution < 1.29 is 8.42 Å². The molecule has 0 aromatic carbocycles. The van der Waals surface area contributed by atoms with E-state index >= 15 is 0 Å². The molecule has 1 aliphatic rings. The Kier molecular flexibility index (Phi) is 6.04. The van der Waals surface area contributed by atoms with Gasteiger partial charge in [0, 0.05) is 38.1 Å². The first-order chi connectivity index (χ1) is 12.3. The number of aromatic nitrogens is 3. The zero-order valence-electron chi connectivity index (χ0n) is 15.6. The monoisotopic (exact) mass is 394 g/mol. The molecule has 1 saturated heterocycles. The zero-order valence-corrected chi connectivity index (χ0v) is 17.2. The fourth-order valence-electron chi connectivity index (χ4n) is 3.35. The summed E-state index contributed by atoms with van der Waals surface area (Å²) in [6.45, 7) is 5.56. The smallest absolute Gasteiger partial charge is 0.211 e. The van der Waals surface area contributed by atoms with Crippen molar-refractivity contribution in [3.05, 3.63) is 29.3 Å². The number of nitrogens with zero attached hydrogens (tertiary/aromatic N) is 4. The van der Waals surface area contributed by atoms with Crippen LogP contribution in [-0.2, 0) is 22.9 Å². The van der Waals surface area contributed by atoms with Crippen molar-refractivity contribution in [3.63, 3.8) is 0 Å². The Hall–Kier alpha value is -1.38. The van der Waals surface area contributed by atoms with E-state index in [4.69, 9.17) is 0 Å². The van der Waals surface area contributed by atoms with Gasteiger partial charge in [0.05, 0.1) is 21.8 Å². The molecule has 0 amide bonds. The van der Waals surface area contributed by atoms with Gasteiger partial charge in [-0.15, -0.1) is 11.3 Å². The van der Waals surface area contributed by atoms with E-state index in [9.17, 15) is 8.42 Å². The summed E-state index contributed by atoms with van der Waals surface area (Å²) in [6, 6.07) is 0. The molecular formula is C18H26N4O2S2. The summed E-state index contributed by atoms with van der Waals surface area (Å²) in [4.78, 5) is 14.7. The summed E-state index contributed by atoms with van der Waals surface area (Å²) in [6.07, 6.45) is 10.2. The van der Waals surface area contributed by atoms with E-state index in [1.165, 1.54) is 6.26 Å². The topological polar surface area (TPSA) is 76.1 Å². The zero-order chi connectivity index (χ0) is 18.7. The van der Waals surface area contributed by atoms with Gasteiger partial charge in [-0.2, -0.15) is 0 Å². The van der Waals surface area contributed by atoms with Gasteiger partial charge in [0.25, 0.3) is 0 Å². The normalized spacial score (nSPS) is 19.2. The molecule has 0 N–H and O–H groups in total. The van der Waals surface area contributed by atoms with Crippen molar-refractivity contribution in [2.75, 3.05) is 19.3 Å². The van der Waals surface area contributed by atoms with Crippen molar-refractivity contribution in [2.45, 2.75) is 39.5 Å². The van der Waals surface area contributed by atoms with Gasteiger partial charge in [0.15, 0.2) is 0 Å². The van der Waals surface area contributed by atoms with Crippen LogP contribution in [0.25, 0.3) is 10.6 Å². The number of rotatable bonds is 6. The van der Waals surface area contributed by atoms with Gasteiger partial charge in [-0.1, -0.05) is 13.8 Å². The van der Waals surface area contributed by atoms with Crippen molar-refractivity contribution >= 4 is 21.4 Å². The fraction of sp³-hybridized carbons (Fsp3) is 0.611. The van der Waals surface area contributed by atoms with Gasteiger partial charge in [-0.05, 0) is 31.1 Å². The lowest BCUT2D eigenvalue weighted by atomic mass is 9.93. The molecule has 2 aromatic rings. The third kappa shape index (κ3) is 4.86. The quantitative estimate of drug-likeness (QED) is 0.753. The van der Waals surface area contributed by atoms with E-state index in [0.717, 1.165) is 47.0 Å². The summed E-state index contributed by atoms with van der Waals surface area (Å²) in [5.74, 6) is 0.844. The molecule has 1 atom stereocenters. The van der Waals surface area contributed by atoms with Gasteiger partial charge in [0.2, 0.25) is 10.0 Å². The highest BCUT2D eigenvalue weighted by Crippen LogP contribution is 2.30. The first kappa shape index (κ1) is 19.4. The standard InChI is InChI=1S/C18H26N4O2S2/c1-13(2)9-17-21-11-16(25-17)18-15(19-6-7-20-18)10-14-5-4-8-22(12-14)26(3,23)24/h6-7,11,13-14H,4-5,8-10,12H2,1-3H3/t14-/m0/s1. The van der Waals surface area contributed by atoms with Gasteiger partial charge >= 0.3 is 0 Å². The minimum atomic E-state index is -3.13. The molecule has 0 aliphatic carbocycles. The molecule has 3 rings (SSSR count). The fourth-order valence-corrected chi connectivity index (χ4v) is 5.44. The lowest BCUT2D eigenvalue weighted by molar-refractivity contribution is 0.265. The third-order valence-corrected chi connectivity index (χ3v) is 6.87. The maximum Gasteiger partial charge on any atom is 0.211 e. The van der Waals surface area contributed by atoms with Crippen molar-refractivity contribution in [1.82, 2.24) is 19.3 Å².